The molecule has 2 aromatic rings. The van der Waals surface area contributed by atoms with E-state index in [1.807, 2.05) is 26.0 Å². The predicted octanol–water partition coefficient (Wildman–Crippen LogP) is 5.17. The molecular formula is C22H28ClNO2. The van der Waals surface area contributed by atoms with Crippen molar-refractivity contribution in [1.82, 2.24) is 5.32 Å². The Hall–Kier alpha value is -2.00. The maximum absolute atomic E-state index is 12.4. The van der Waals surface area contributed by atoms with Gasteiger partial charge in [0.25, 0.3) is 5.91 Å². The molecule has 1 amide bonds. The van der Waals surface area contributed by atoms with Crippen LogP contribution in [0.2, 0.25) is 5.02 Å². The van der Waals surface area contributed by atoms with E-state index < -0.39 is 6.10 Å². The van der Waals surface area contributed by atoms with Gasteiger partial charge in [-0.25, -0.2) is 0 Å². The van der Waals surface area contributed by atoms with Crippen molar-refractivity contribution in [3.63, 3.8) is 0 Å². The first-order valence-corrected chi connectivity index (χ1v) is 9.55. The highest BCUT2D eigenvalue weighted by Crippen LogP contribution is 2.26. The van der Waals surface area contributed by atoms with E-state index in [4.69, 9.17) is 16.3 Å². The fraction of sp³-hybridized carbons (Fsp3) is 0.409. The molecule has 1 atom stereocenters. The molecule has 0 aliphatic carbocycles. The number of benzene rings is 2. The Morgan fingerprint density at radius 3 is 2.31 bits per heavy atom. The average Bonchev–Trinajstić information content (AvgIpc) is 2.63. The van der Waals surface area contributed by atoms with Crippen LogP contribution in [0, 0.1) is 13.8 Å². The summed E-state index contributed by atoms with van der Waals surface area (Å²) >= 11 is 6.18. The van der Waals surface area contributed by atoms with Gasteiger partial charge < -0.3 is 10.1 Å². The molecule has 140 valence electrons. The smallest absolute Gasteiger partial charge is 0.261 e. The van der Waals surface area contributed by atoms with Gasteiger partial charge in [0.2, 0.25) is 0 Å². The molecule has 0 saturated carbocycles. The lowest BCUT2D eigenvalue weighted by atomic mass is 10.0. The molecule has 3 nitrogen and oxygen atoms in total. The van der Waals surface area contributed by atoms with Gasteiger partial charge in [0.05, 0.1) is 0 Å². The summed E-state index contributed by atoms with van der Waals surface area (Å²) in [5, 5.41) is 3.73. The first-order chi connectivity index (χ1) is 12.3. The number of nitrogens with one attached hydrogen (secondary N) is 1. The molecule has 4 heteroatoms. The summed E-state index contributed by atoms with van der Waals surface area (Å²) in [5.74, 6) is 0.536. The van der Waals surface area contributed by atoms with Crippen molar-refractivity contribution < 1.29 is 9.53 Å². The summed E-state index contributed by atoms with van der Waals surface area (Å²) in [5.41, 5.74) is 5.60. The number of carbonyl (C=O) groups excluding carboxylic acids is 1. The van der Waals surface area contributed by atoms with Crippen LogP contribution in [0.4, 0.5) is 0 Å². The van der Waals surface area contributed by atoms with Crippen LogP contribution in [0.3, 0.4) is 0 Å². The van der Waals surface area contributed by atoms with Crippen molar-refractivity contribution in [2.45, 2.75) is 60.1 Å². The molecule has 0 bridgehead atoms. The first-order valence-electron chi connectivity index (χ1n) is 9.17. The third-order valence-corrected chi connectivity index (χ3v) is 5.20. The Labute approximate surface area is 161 Å². The Morgan fingerprint density at radius 1 is 1.08 bits per heavy atom. The zero-order valence-electron chi connectivity index (χ0n) is 16.3. The van der Waals surface area contributed by atoms with Crippen molar-refractivity contribution in [3.05, 3.63) is 63.2 Å². The Bertz CT molecular complexity index is 763. The van der Waals surface area contributed by atoms with Crippen molar-refractivity contribution in [3.8, 4) is 5.75 Å². The van der Waals surface area contributed by atoms with E-state index in [1.54, 1.807) is 6.92 Å². The monoisotopic (exact) mass is 373 g/mol. The van der Waals surface area contributed by atoms with E-state index in [1.165, 1.54) is 16.7 Å². The second-order valence-corrected chi connectivity index (χ2v) is 7.04. The summed E-state index contributed by atoms with van der Waals surface area (Å²) in [4.78, 5) is 12.4. The van der Waals surface area contributed by atoms with Gasteiger partial charge in [-0.3, -0.25) is 4.79 Å². The molecule has 2 rings (SSSR count). The van der Waals surface area contributed by atoms with Crippen LogP contribution in [-0.2, 0) is 24.2 Å². The minimum atomic E-state index is -0.575. The van der Waals surface area contributed by atoms with E-state index in [0.717, 1.165) is 29.0 Å². The maximum Gasteiger partial charge on any atom is 0.261 e. The van der Waals surface area contributed by atoms with Crippen LogP contribution < -0.4 is 10.1 Å². The van der Waals surface area contributed by atoms with Gasteiger partial charge in [0.15, 0.2) is 6.10 Å². The highest BCUT2D eigenvalue weighted by molar-refractivity contribution is 6.32. The van der Waals surface area contributed by atoms with Crippen LogP contribution in [0.15, 0.2) is 30.3 Å². The van der Waals surface area contributed by atoms with Crippen LogP contribution >= 0.6 is 11.6 Å². The summed E-state index contributed by atoms with van der Waals surface area (Å²) in [6.07, 6.45) is 1.36. The highest BCUT2D eigenvalue weighted by atomic mass is 35.5. The number of halogens is 1. The molecule has 0 fully saturated rings. The van der Waals surface area contributed by atoms with Crippen LogP contribution in [-0.4, -0.2) is 12.0 Å². The second-order valence-electron chi connectivity index (χ2n) is 6.66. The SMILES string of the molecule is CCc1ccc(CC)c(CNC(=O)[C@H](C)Oc2cc(C)c(Cl)c(C)c2)c1. The van der Waals surface area contributed by atoms with Gasteiger partial charge in [-0.1, -0.05) is 43.6 Å². The number of ether oxygens (including phenoxy) is 1. The average molecular weight is 374 g/mol. The highest BCUT2D eigenvalue weighted by Gasteiger charge is 2.16. The summed E-state index contributed by atoms with van der Waals surface area (Å²) in [7, 11) is 0. The molecule has 0 heterocycles. The summed E-state index contributed by atoms with van der Waals surface area (Å²) < 4.78 is 5.81. The van der Waals surface area contributed by atoms with Crippen LogP contribution in [0.1, 0.15) is 48.6 Å². The van der Waals surface area contributed by atoms with Crippen LogP contribution in [0.5, 0.6) is 5.75 Å². The van der Waals surface area contributed by atoms with E-state index >= 15 is 0 Å². The molecule has 0 radical (unpaired) electrons. The van der Waals surface area contributed by atoms with Gasteiger partial charge in [-0.2, -0.15) is 0 Å². The quantitative estimate of drug-likeness (QED) is 0.727. The predicted molar refractivity (Wildman–Crippen MR) is 108 cm³/mol. The Balaban J connectivity index is 2.02. The summed E-state index contributed by atoms with van der Waals surface area (Å²) in [6.45, 7) is 10.4. The largest absolute Gasteiger partial charge is 0.481 e. The first kappa shape index (κ1) is 20.3. The number of aryl methyl sites for hydroxylation is 4. The molecule has 0 unspecified atom stereocenters. The van der Waals surface area contributed by atoms with E-state index in [9.17, 15) is 4.79 Å². The molecule has 0 spiro atoms. The molecule has 0 aliphatic heterocycles. The van der Waals surface area contributed by atoms with Gasteiger partial charge >= 0.3 is 0 Å². The molecule has 0 aromatic heterocycles. The number of amides is 1. The van der Waals surface area contributed by atoms with Crippen molar-refractivity contribution in [2.75, 3.05) is 0 Å². The number of hydrogen-bond acceptors (Lipinski definition) is 2. The third-order valence-electron chi connectivity index (χ3n) is 4.60. The minimum Gasteiger partial charge on any atom is -0.481 e. The number of carbonyl (C=O) groups is 1. The zero-order valence-corrected chi connectivity index (χ0v) is 17.0. The minimum absolute atomic E-state index is 0.126. The normalized spacial score (nSPS) is 11.9. The number of hydrogen-bond donors (Lipinski definition) is 1. The zero-order chi connectivity index (χ0) is 19.3. The summed E-state index contributed by atoms with van der Waals surface area (Å²) in [6, 6.07) is 10.2. The molecular weight excluding hydrogens is 346 g/mol. The molecule has 2 aromatic carbocycles. The van der Waals surface area contributed by atoms with Gasteiger partial charge in [0, 0.05) is 11.6 Å². The Morgan fingerprint density at radius 2 is 1.73 bits per heavy atom. The molecule has 0 saturated heterocycles. The van der Waals surface area contributed by atoms with Gasteiger partial charge in [-0.15, -0.1) is 0 Å². The van der Waals surface area contributed by atoms with Gasteiger partial charge in [0.1, 0.15) is 5.75 Å². The maximum atomic E-state index is 12.4. The standard InChI is InChI=1S/C22H28ClNO2/c1-6-17-8-9-18(7-2)19(12-17)13-24-22(25)16(5)26-20-10-14(3)21(23)15(4)11-20/h8-12,16H,6-7,13H2,1-5H3,(H,24,25)/t16-/m0/s1. The molecule has 26 heavy (non-hydrogen) atoms. The third kappa shape index (κ3) is 5.01. The Kier molecular flexibility index (Phi) is 7.10. The molecule has 1 N–H and O–H groups in total. The van der Waals surface area contributed by atoms with Crippen molar-refractivity contribution in [1.29, 1.82) is 0 Å². The van der Waals surface area contributed by atoms with E-state index in [0.29, 0.717) is 12.3 Å². The van der Waals surface area contributed by atoms with Crippen molar-refractivity contribution in [2.24, 2.45) is 0 Å². The lowest BCUT2D eigenvalue weighted by Crippen LogP contribution is -2.36. The fourth-order valence-corrected chi connectivity index (χ4v) is 3.08. The molecule has 0 aliphatic rings. The topological polar surface area (TPSA) is 38.3 Å². The van der Waals surface area contributed by atoms with Gasteiger partial charge in [-0.05, 0) is 73.6 Å². The fourth-order valence-electron chi connectivity index (χ4n) is 2.97. The lowest BCUT2D eigenvalue weighted by Gasteiger charge is -2.17. The van der Waals surface area contributed by atoms with Crippen LogP contribution in [0.25, 0.3) is 0 Å². The lowest BCUT2D eigenvalue weighted by molar-refractivity contribution is -0.127. The number of rotatable bonds is 7. The van der Waals surface area contributed by atoms with E-state index in [-0.39, 0.29) is 5.91 Å². The van der Waals surface area contributed by atoms with E-state index in [2.05, 4.69) is 37.4 Å². The second kappa shape index (κ2) is 9.09. The van der Waals surface area contributed by atoms with Crippen molar-refractivity contribution >= 4 is 17.5 Å².